The maximum atomic E-state index is 12.7. The largest absolute Gasteiger partial charge is 0.417 e. The summed E-state index contributed by atoms with van der Waals surface area (Å²) in [4.78, 5) is 20.1. The van der Waals surface area contributed by atoms with Gasteiger partial charge in [-0.3, -0.25) is 4.79 Å². The summed E-state index contributed by atoms with van der Waals surface area (Å²) in [6.45, 7) is 3.53. The SMILES string of the molecule is Cc1nnc2ccc(C(=O)N3CCN(c4ccc(C(F)(F)F)cn4)CC3)nn12. The minimum Gasteiger partial charge on any atom is -0.353 e. The van der Waals surface area contributed by atoms with Gasteiger partial charge in [-0.05, 0) is 31.2 Å². The highest BCUT2D eigenvalue weighted by Crippen LogP contribution is 2.29. The number of piperazine rings is 1. The first-order valence-electron chi connectivity index (χ1n) is 8.59. The molecule has 0 N–H and O–H groups in total. The Morgan fingerprint density at radius 2 is 1.79 bits per heavy atom. The normalized spacial score (nSPS) is 15.3. The molecule has 146 valence electrons. The molecule has 28 heavy (non-hydrogen) atoms. The van der Waals surface area contributed by atoms with Crippen LogP contribution in [0.2, 0.25) is 0 Å². The van der Waals surface area contributed by atoms with E-state index >= 15 is 0 Å². The standard InChI is InChI=1S/C17H16F3N7O/c1-11-22-23-15-5-3-13(24-27(11)15)16(28)26-8-6-25(7-9-26)14-4-2-12(10-21-14)17(18,19)20/h2-5,10H,6-9H2,1H3. The Kier molecular flexibility index (Phi) is 4.36. The van der Waals surface area contributed by atoms with Crippen molar-refractivity contribution in [1.82, 2.24) is 29.7 Å². The van der Waals surface area contributed by atoms with Gasteiger partial charge in [0.15, 0.2) is 11.5 Å². The van der Waals surface area contributed by atoms with Crippen molar-refractivity contribution in [2.75, 3.05) is 31.1 Å². The van der Waals surface area contributed by atoms with Gasteiger partial charge in [-0.1, -0.05) is 0 Å². The Labute approximate surface area is 157 Å². The van der Waals surface area contributed by atoms with Crippen LogP contribution in [0.15, 0.2) is 30.5 Å². The van der Waals surface area contributed by atoms with Crippen molar-refractivity contribution < 1.29 is 18.0 Å². The molecular weight excluding hydrogens is 375 g/mol. The number of hydrogen-bond acceptors (Lipinski definition) is 6. The number of anilines is 1. The molecule has 4 rings (SSSR count). The van der Waals surface area contributed by atoms with Crippen LogP contribution in [0.5, 0.6) is 0 Å². The average Bonchev–Trinajstić information content (AvgIpc) is 3.07. The van der Waals surface area contributed by atoms with Crippen molar-refractivity contribution in [3.05, 3.63) is 47.5 Å². The van der Waals surface area contributed by atoms with Gasteiger partial charge in [0.1, 0.15) is 11.5 Å². The van der Waals surface area contributed by atoms with Gasteiger partial charge in [0.05, 0.1) is 5.56 Å². The minimum absolute atomic E-state index is 0.213. The van der Waals surface area contributed by atoms with Crippen LogP contribution < -0.4 is 4.90 Å². The van der Waals surface area contributed by atoms with E-state index < -0.39 is 11.7 Å². The number of carbonyl (C=O) groups is 1. The van der Waals surface area contributed by atoms with E-state index in [1.807, 2.05) is 4.90 Å². The number of fused-ring (bicyclic) bond motifs is 1. The number of aryl methyl sites for hydroxylation is 1. The summed E-state index contributed by atoms with van der Waals surface area (Å²) in [6, 6.07) is 5.66. The van der Waals surface area contributed by atoms with Crippen LogP contribution in [-0.4, -0.2) is 61.8 Å². The van der Waals surface area contributed by atoms with Crippen LogP contribution in [0.4, 0.5) is 19.0 Å². The van der Waals surface area contributed by atoms with Gasteiger partial charge >= 0.3 is 6.18 Å². The third-order valence-electron chi connectivity index (χ3n) is 4.60. The van der Waals surface area contributed by atoms with Crippen LogP contribution in [-0.2, 0) is 6.18 Å². The number of nitrogens with zero attached hydrogens (tertiary/aromatic N) is 7. The van der Waals surface area contributed by atoms with E-state index in [1.165, 1.54) is 10.6 Å². The highest BCUT2D eigenvalue weighted by molar-refractivity contribution is 5.92. The average molecular weight is 391 g/mol. The zero-order valence-corrected chi connectivity index (χ0v) is 14.9. The van der Waals surface area contributed by atoms with E-state index in [0.29, 0.717) is 43.5 Å². The van der Waals surface area contributed by atoms with Crippen LogP contribution in [0, 0.1) is 6.92 Å². The Morgan fingerprint density at radius 3 is 2.43 bits per heavy atom. The quantitative estimate of drug-likeness (QED) is 0.663. The highest BCUT2D eigenvalue weighted by atomic mass is 19.4. The molecule has 0 aliphatic carbocycles. The summed E-state index contributed by atoms with van der Waals surface area (Å²) >= 11 is 0. The predicted octanol–water partition coefficient (Wildman–Crippen LogP) is 1.81. The molecule has 0 unspecified atom stereocenters. The van der Waals surface area contributed by atoms with Gasteiger partial charge in [0.25, 0.3) is 5.91 Å². The molecule has 1 aliphatic rings. The van der Waals surface area contributed by atoms with Gasteiger partial charge in [0.2, 0.25) is 0 Å². The molecule has 4 heterocycles. The lowest BCUT2D eigenvalue weighted by Crippen LogP contribution is -2.49. The molecule has 0 aromatic carbocycles. The molecule has 0 saturated carbocycles. The summed E-state index contributed by atoms with van der Waals surface area (Å²) < 4.78 is 39.5. The summed E-state index contributed by atoms with van der Waals surface area (Å²) in [5.74, 6) is 0.831. The van der Waals surface area contributed by atoms with Crippen LogP contribution in [0.1, 0.15) is 21.9 Å². The molecule has 3 aromatic rings. The molecule has 0 spiro atoms. The molecule has 1 aliphatic heterocycles. The van der Waals surface area contributed by atoms with Gasteiger partial charge in [-0.2, -0.15) is 22.8 Å². The molecule has 0 atom stereocenters. The summed E-state index contributed by atoms with van der Waals surface area (Å²) in [5.41, 5.74) is 0.0690. The van der Waals surface area contributed by atoms with Crippen LogP contribution in [0.25, 0.3) is 5.65 Å². The monoisotopic (exact) mass is 391 g/mol. The van der Waals surface area contributed by atoms with E-state index in [2.05, 4.69) is 20.3 Å². The molecule has 11 heteroatoms. The predicted molar refractivity (Wildman–Crippen MR) is 92.9 cm³/mol. The van der Waals surface area contributed by atoms with E-state index in [4.69, 9.17) is 0 Å². The smallest absolute Gasteiger partial charge is 0.353 e. The summed E-state index contributed by atoms with van der Waals surface area (Å²) in [7, 11) is 0. The van der Waals surface area contributed by atoms with Crippen molar-refractivity contribution in [3.63, 3.8) is 0 Å². The third kappa shape index (κ3) is 3.35. The Bertz CT molecular complexity index is 1010. The first-order valence-corrected chi connectivity index (χ1v) is 8.59. The topological polar surface area (TPSA) is 79.5 Å². The third-order valence-corrected chi connectivity index (χ3v) is 4.60. The number of rotatable bonds is 2. The molecule has 1 saturated heterocycles. The molecule has 1 amide bonds. The zero-order valence-electron chi connectivity index (χ0n) is 14.9. The lowest BCUT2D eigenvalue weighted by molar-refractivity contribution is -0.137. The van der Waals surface area contributed by atoms with E-state index in [9.17, 15) is 18.0 Å². The molecular formula is C17H16F3N7O. The maximum absolute atomic E-state index is 12.7. The summed E-state index contributed by atoms with van der Waals surface area (Å²) in [5, 5.41) is 12.1. The second-order valence-electron chi connectivity index (χ2n) is 6.42. The molecule has 0 bridgehead atoms. The fourth-order valence-electron chi connectivity index (χ4n) is 3.05. The first kappa shape index (κ1) is 18.1. The number of alkyl halides is 3. The van der Waals surface area contributed by atoms with E-state index in [1.54, 1.807) is 24.0 Å². The molecule has 1 fully saturated rings. The van der Waals surface area contributed by atoms with Crippen molar-refractivity contribution in [1.29, 1.82) is 0 Å². The number of carbonyl (C=O) groups excluding carboxylic acids is 1. The fourth-order valence-corrected chi connectivity index (χ4v) is 3.05. The second kappa shape index (κ2) is 6.73. The lowest BCUT2D eigenvalue weighted by Gasteiger charge is -2.35. The van der Waals surface area contributed by atoms with E-state index in [-0.39, 0.29) is 11.6 Å². The number of halogens is 3. The van der Waals surface area contributed by atoms with Gasteiger partial charge in [0, 0.05) is 32.4 Å². The van der Waals surface area contributed by atoms with Crippen LogP contribution in [0.3, 0.4) is 0 Å². The minimum atomic E-state index is -4.41. The molecule has 0 radical (unpaired) electrons. The fraction of sp³-hybridized carbons (Fsp3) is 0.353. The van der Waals surface area contributed by atoms with E-state index in [0.717, 1.165) is 12.3 Å². The first-order chi connectivity index (χ1) is 13.3. The second-order valence-corrected chi connectivity index (χ2v) is 6.42. The Morgan fingerprint density at radius 1 is 1.04 bits per heavy atom. The van der Waals surface area contributed by atoms with Crippen molar-refractivity contribution in [2.24, 2.45) is 0 Å². The van der Waals surface area contributed by atoms with Crippen molar-refractivity contribution in [3.8, 4) is 0 Å². The van der Waals surface area contributed by atoms with Crippen LogP contribution >= 0.6 is 0 Å². The lowest BCUT2D eigenvalue weighted by atomic mass is 10.2. The van der Waals surface area contributed by atoms with Crippen molar-refractivity contribution >= 4 is 17.4 Å². The van der Waals surface area contributed by atoms with Gasteiger partial charge < -0.3 is 9.80 Å². The maximum Gasteiger partial charge on any atom is 0.417 e. The molecule has 3 aromatic heterocycles. The van der Waals surface area contributed by atoms with Gasteiger partial charge in [-0.15, -0.1) is 10.2 Å². The number of pyridine rings is 1. The number of aromatic nitrogens is 5. The number of amides is 1. The van der Waals surface area contributed by atoms with Crippen molar-refractivity contribution in [2.45, 2.75) is 13.1 Å². The number of hydrogen-bond donors (Lipinski definition) is 0. The highest BCUT2D eigenvalue weighted by Gasteiger charge is 2.31. The molecule has 8 nitrogen and oxygen atoms in total. The Balaban J connectivity index is 1.43. The van der Waals surface area contributed by atoms with Gasteiger partial charge in [-0.25, -0.2) is 4.98 Å². The zero-order chi connectivity index (χ0) is 19.9. The Hall–Kier alpha value is -3.24. The summed E-state index contributed by atoms with van der Waals surface area (Å²) in [6.07, 6.45) is -3.58.